The van der Waals surface area contributed by atoms with Crippen molar-refractivity contribution in [1.82, 2.24) is 9.97 Å². The van der Waals surface area contributed by atoms with Crippen molar-refractivity contribution in [1.29, 1.82) is 0 Å². The van der Waals surface area contributed by atoms with Gasteiger partial charge in [0.25, 0.3) is 0 Å². The number of hydrogen-bond acceptors (Lipinski definition) is 2. The van der Waals surface area contributed by atoms with Gasteiger partial charge in [0.2, 0.25) is 0 Å². The fraction of sp³-hybridized carbons (Fsp3) is 0. The monoisotopic (exact) mass is 309 g/mol. The zero-order valence-electron chi connectivity index (χ0n) is 13.0. The lowest BCUT2D eigenvalue weighted by Gasteiger charge is -2.08. The summed E-state index contributed by atoms with van der Waals surface area (Å²) >= 11 is 0. The number of benzene rings is 3. The van der Waals surface area contributed by atoms with Crippen LogP contribution in [0.1, 0.15) is 0 Å². The quantitative estimate of drug-likeness (QED) is 0.422. The number of H-pyrrole nitrogens is 1. The van der Waals surface area contributed by atoms with Gasteiger partial charge < -0.3 is 10.7 Å². The molecule has 2 aromatic heterocycles. The van der Waals surface area contributed by atoms with E-state index in [1.54, 1.807) is 0 Å². The number of nitrogens with zero attached hydrogens (tertiary/aromatic N) is 1. The van der Waals surface area contributed by atoms with Crippen molar-refractivity contribution >= 4 is 38.5 Å². The number of rotatable bonds is 1. The molecule has 2 heterocycles. The summed E-state index contributed by atoms with van der Waals surface area (Å²) in [5.41, 5.74) is 11.5. The van der Waals surface area contributed by atoms with Gasteiger partial charge in [-0.1, -0.05) is 48.5 Å². The Morgan fingerprint density at radius 1 is 0.750 bits per heavy atom. The van der Waals surface area contributed by atoms with Crippen LogP contribution in [-0.4, -0.2) is 9.97 Å². The van der Waals surface area contributed by atoms with Crippen molar-refractivity contribution < 1.29 is 0 Å². The maximum absolute atomic E-state index is 6.31. The largest absolute Gasteiger partial charge is 0.385 e. The van der Waals surface area contributed by atoms with E-state index in [1.807, 2.05) is 42.5 Å². The second-order valence-electron chi connectivity index (χ2n) is 6.01. The maximum Gasteiger partial charge on any atom is 0.109 e. The number of aromatic nitrogens is 2. The van der Waals surface area contributed by atoms with E-state index in [4.69, 9.17) is 10.7 Å². The Morgan fingerprint density at radius 3 is 2.50 bits per heavy atom. The Balaban J connectivity index is 1.92. The summed E-state index contributed by atoms with van der Waals surface area (Å²) in [6.07, 6.45) is 0. The van der Waals surface area contributed by atoms with E-state index in [9.17, 15) is 0 Å². The van der Waals surface area contributed by atoms with Crippen LogP contribution in [0.2, 0.25) is 0 Å². The van der Waals surface area contributed by atoms with Crippen LogP contribution in [0.4, 0.5) is 5.82 Å². The molecule has 3 nitrogen and oxygen atoms in total. The van der Waals surface area contributed by atoms with Crippen molar-refractivity contribution in [2.24, 2.45) is 0 Å². The second kappa shape index (κ2) is 4.83. The number of fused-ring (bicyclic) bond motifs is 3. The highest BCUT2D eigenvalue weighted by Crippen LogP contribution is 2.38. The number of nitrogens with two attached hydrogens (primary N) is 1. The standard InChI is InChI=1S/C21H15N3/c22-21-20(15-7-2-4-10-18(15)24-21)14-8-5-11-19-16(14)12-13-6-1-3-9-17(13)23-19/h1-12,24H,22H2. The molecule has 0 saturated carbocycles. The Kier molecular flexibility index (Phi) is 2.65. The van der Waals surface area contributed by atoms with Gasteiger partial charge in [-0.15, -0.1) is 0 Å². The molecule has 0 atom stereocenters. The van der Waals surface area contributed by atoms with Gasteiger partial charge in [-0.25, -0.2) is 4.98 Å². The molecule has 114 valence electrons. The molecule has 0 aliphatic heterocycles. The summed E-state index contributed by atoms with van der Waals surface area (Å²) in [7, 11) is 0. The summed E-state index contributed by atoms with van der Waals surface area (Å²) < 4.78 is 0. The third-order valence-electron chi connectivity index (χ3n) is 4.57. The van der Waals surface area contributed by atoms with Crippen LogP contribution in [0.3, 0.4) is 0 Å². The van der Waals surface area contributed by atoms with Gasteiger partial charge in [0.05, 0.1) is 11.0 Å². The lowest BCUT2D eigenvalue weighted by molar-refractivity contribution is 1.47. The highest BCUT2D eigenvalue weighted by Gasteiger charge is 2.14. The van der Waals surface area contributed by atoms with Gasteiger partial charge in [-0.2, -0.15) is 0 Å². The Bertz CT molecular complexity index is 1220. The third-order valence-corrected chi connectivity index (χ3v) is 4.57. The van der Waals surface area contributed by atoms with E-state index in [0.29, 0.717) is 5.82 Å². The normalized spacial score (nSPS) is 11.5. The van der Waals surface area contributed by atoms with Crippen LogP contribution in [0.5, 0.6) is 0 Å². The van der Waals surface area contributed by atoms with E-state index in [1.165, 1.54) is 0 Å². The van der Waals surface area contributed by atoms with Crippen LogP contribution >= 0.6 is 0 Å². The van der Waals surface area contributed by atoms with Crippen LogP contribution in [0.15, 0.2) is 72.8 Å². The van der Waals surface area contributed by atoms with Crippen molar-refractivity contribution in [3.63, 3.8) is 0 Å². The smallest absolute Gasteiger partial charge is 0.109 e. The Labute approximate surface area is 138 Å². The molecule has 0 saturated heterocycles. The molecule has 24 heavy (non-hydrogen) atoms. The third kappa shape index (κ3) is 1.82. The van der Waals surface area contributed by atoms with Gasteiger partial charge in [0.15, 0.2) is 0 Å². The summed E-state index contributed by atoms with van der Waals surface area (Å²) in [6.45, 7) is 0. The molecule has 0 aliphatic rings. The van der Waals surface area contributed by atoms with Gasteiger partial charge in [0.1, 0.15) is 5.82 Å². The van der Waals surface area contributed by atoms with E-state index < -0.39 is 0 Å². The Morgan fingerprint density at radius 2 is 1.54 bits per heavy atom. The van der Waals surface area contributed by atoms with Crippen LogP contribution in [-0.2, 0) is 0 Å². The van der Waals surface area contributed by atoms with Gasteiger partial charge >= 0.3 is 0 Å². The summed E-state index contributed by atoms with van der Waals surface area (Å²) in [4.78, 5) is 8.09. The van der Waals surface area contributed by atoms with Crippen LogP contribution in [0.25, 0.3) is 43.8 Å². The van der Waals surface area contributed by atoms with E-state index >= 15 is 0 Å². The highest BCUT2D eigenvalue weighted by atomic mass is 14.9. The summed E-state index contributed by atoms with van der Waals surface area (Å²) in [5, 5.41) is 3.39. The number of hydrogen-bond donors (Lipinski definition) is 2. The highest BCUT2D eigenvalue weighted by molar-refractivity contribution is 6.10. The number of nitrogen functional groups attached to an aromatic ring is 1. The predicted octanol–water partition coefficient (Wildman–Crippen LogP) is 5.12. The summed E-state index contributed by atoms with van der Waals surface area (Å²) in [6, 6.07) is 24.8. The molecular weight excluding hydrogens is 294 g/mol. The predicted molar refractivity (Wildman–Crippen MR) is 101 cm³/mol. The van der Waals surface area contributed by atoms with E-state index in [0.717, 1.165) is 43.8 Å². The molecule has 0 radical (unpaired) electrons. The molecule has 0 aliphatic carbocycles. The molecule has 0 fully saturated rings. The number of nitrogens with one attached hydrogen (secondary N) is 1. The summed E-state index contributed by atoms with van der Waals surface area (Å²) in [5.74, 6) is 0.692. The van der Waals surface area contributed by atoms with Crippen molar-refractivity contribution in [2.45, 2.75) is 0 Å². The minimum Gasteiger partial charge on any atom is -0.385 e. The average molecular weight is 309 g/mol. The fourth-order valence-electron chi connectivity index (χ4n) is 3.47. The number of aromatic amines is 1. The van der Waals surface area contributed by atoms with Crippen molar-refractivity contribution in [2.75, 3.05) is 5.73 Å². The zero-order valence-corrected chi connectivity index (χ0v) is 13.0. The van der Waals surface area contributed by atoms with Crippen LogP contribution < -0.4 is 5.73 Å². The molecule has 0 bridgehead atoms. The second-order valence-corrected chi connectivity index (χ2v) is 6.01. The average Bonchev–Trinajstić information content (AvgIpc) is 2.95. The molecular formula is C21H15N3. The lowest BCUT2D eigenvalue weighted by Crippen LogP contribution is -1.90. The fourth-order valence-corrected chi connectivity index (χ4v) is 3.47. The van der Waals surface area contributed by atoms with Gasteiger partial charge in [0, 0.05) is 27.2 Å². The minimum atomic E-state index is 0.692. The SMILES string of the molecule is Nc1[nH]c2ccccc2c1-c1cccc2nc3ccccc3cc12. The van der Waals surface area contributed by atoms with Crippen molar-refractivity contribution in [3.05, 3.63) is 72.8 Å². The maximum atomic E-state index is 6.31. The first-order valence-electron chi connectivity index (χ1n) is 7.96. The number of pyridine rings is 1. The number of anilines is 1. The van der Waals surface area contributed by atoms with Gasteiger partial charge in [-0.3, -0.25) is 0 Å². The molecule has 3 heteroatoms. The molecule has 3 aromatic carbocycles. The molecule has 0 amide bonds. The van der Waals surface area contributed by atoms with E-state index in [2.05, 4.69) is 35.3 Å². The van der Waals surface area contributed by atoms with E-state index in [-0.39, 0.29) is 0 Å². The first-order chi connectivity index (χ1) is 11.8. The number of para-hydroxylation sites is 2. The van der Waals surface area contributed by atoms with Crippen molar-refractivity contribution in [3.8, 4) is 11.1 Å². The topological polar surface area (TPSA) is 54.7 Å². The minimum absolute atomic E-state index is 0.692. The Hall–Kier alpha value is -3.33. The lowest BCUT2D eigenvalue weighted by atomic mass is 9.98. The van der Waals surface area contributed by atoms with Gasteiger partial charge in [-0.05, 0) is 29.8 Å². The molecule has 5 rings (SSSR count). The first kappa shape index (κ1) is 13.1. The molecule has 0 unspecified atom stereocenters. The van der Waals surface area contributed by atoms with Crippen LogP contribution in [0, 0.1) is 0 Å². The molecule has 0 spiro atoms. The molecule has 3 N–H and O–H groups in total. The molecule has 5 aromatic rings. The zero-order chi connectivity index (χ0) is 16.1. The first-order valence-corrected chi connectivity index (χ1v) is 7.96.